The molecule has 0 heterocycles. The number of hydrogen-bond donors (Lipinski definition) is 1. The van der Waals surface area contributed by atoms with E-state index in [2.05, 4.69) is 17.4 Å². The summed E-state index contributed by atoms with van der Waals surface area (Å²) in [7, 11) is 0. The van der Waals surface area contributed by atoms with Gasteiger partial charge >= 0.3 is 5.97 Å². The average molecular weight is 297 g/mol. The topological polar surface area (TPSA) is 38.3 Å². The van der Waals surface area contributed by atoms with E-state index in [4.69, 9.17) is 4.74 Å². The van der Waals surface area contributed by atoms with E-state index >= 15 is 0 Å². The van der Waals surface area contributed by atoms with E-state index in [-0.39, 0.29) is 12.4 Å². The van der Waals surface area contributed by atoms with Crippen molar-refractivity contribution in [2.75, 3.05) is 5.32 Å². The van der Waals surface area contributed by atoms with Crippen LogP contribution in [0.5, 0.6) is 0 Å². The minimum atomic E-state index is -0.455. The van der Waals surface area contributed by atoms with Crippen molar-refractivity contribution >= 4 is 11.7 Å². The maximum atomic E-state index is 12.0. The smallest absolute Gasteiger partial charge is 0.310 e. The molecule has 1 N–H and O–H groups in total. The van der Waals surface area contributed by atoms with Crippen LogP contribution in [0, 0.1) is 0 Å². The number of carbonyl (C=O) groups is 1. The van der Waals surface area contributed by atoms with Gasteiger partial charge in [0.15, 0.2) is 0 Å². The van der Waals surface area contributed by atoms with Crippen LogP contribution in [0.2, 0.25) is 0 Å². The number of ether oxygens (including phenoxy) is 1. The van der Waals surface area contributed by atoms with Gasteiger partial charge in [-0.2, -0.15) is 0 Å². The predicted molar refractivity (Wildman–Crippen MR) is 89.8 cm³/mol. The number of carbonyl (C=O) groups excluding carboxylic acids is 1. The third-order valence-corrected chi connectivity index (χ3v) is 3.10. The van der Waals surface area contributed by atoms with Crippen molar-refractivity contribution in [3.63, 3.8) is 0 Å². The van der Waals surface area contributed by atoms with E-state index in [1.807, 2.05) is 63.2 Å². The molecule has 0 spiro atoms. The number of anilines is 1. The zero-order valence-corrected chi connectivity index (χ0v) is 13.4. The normalized spacial score (nSPS) is 11.0. The molecule has 22 heavy (non-hydrogen) atoms. The van der Waals surface area contributed by atoms with E-state index in [0.29, 0.717) is 0 Å². The van der Waals surface area contributed by atoms with Crippen LogP contribution in [0.15, 0.2) is 54.6 Å². The highest BCUT2D eigenvalue weighted by Gasteiger charge is 2.17. The second kappa shape index (κ2) is 7.12. The minimum Gasteiger partial charge on any atom is -0.460 e. The summed E-state index contributed by atoms with van der Waals surface area (Å²) in [4.78, 5) is 12.0. The van der Waals surface area contributed by atoms with E-state index in [1.54, 1.807) is 0 Å². The van der Waals surface area contributed by atoms with Gasteiger partial charge in [0.05, 0.1) is 6.42 Å². The van der Waals surface area contributed by atoms with E-state index in [9.17, 15) is 4.79 Å². The highest BCUT2D eigenvalue weighted by molar-refractivity contribution is 5.75. The molecule has 0 bridgehead atoms. The third-order valence-electron chi connectivity index (χ3n) is 3.10. The van der Waals surface area contributed by atoms with Crippen molar-refractivity contribution in [2.45, 2.75) is 39.3 Å². The first-order chi connectivity index (χ1) is 10.4. The number of esters is 1. The van der Waals surface area contributed by atoms with Gasteiger partial charge in [0.1, 0.15) is 5.60 Å². The molecule has 0 aliphatic heterocycles. The first-order valence-corrected chi connectivity index (χ1v) is 7.51. The monoisotopic (exact) mass is 297 g/mol. The number of hydrogen-bond acceptors (Lipinski definition) is 3. The molecular formula is C19H23NO2. The predicted octanol–water partition coefficient (Wildman–Crippen LogP) is 4.18. The third kappa shape index (κ3) is 5.24. The Balaban J connectivity index is 2.02. The van der Waals surface area contributed by atoms with Crippen molar-refractivity contribution in [1.29, 1.82) is 0 Å². The van der Waals surface area contributed by atoms with Crippen molar-refractivity contribution in [3.8, 4) is 0 Å². The minimum absolute atomic E-state index is 0.207. The summed E-state index contributed by atoms with van der Waals surface area (Å²) < 4.78 is 5.39. The fourth-order valence-corrected chi connectivity index (χ4v) is 2.17. The van der Waals surface area contributed by atoms with Crippen LogP contribution >= 0.6 is 0 Å². The molecule has 0 radical (unpaired) electrons. The van der Waals surface area contributed by atoms with Crippen molar-refractivity contribution < 1.29 is 9.53 Å². The van der Waals surface area contributed by atoms with Crippen LogP contribution < -0.4 is 5.32 Å². The molecule has 2 aromatic rings. The first kappa shape index (κ1) is 16.1. The van der Waals surface area contributed by atoms with E-state index in [0.717, 1.165) is 17.8 Å². The maximum Gasteiger partial charge on any atom is 0.310 e. The first-order valence-electron chi connectivity index (χ1n) is 7.51. The molecule has 0 aromatic heterocycles. The molecule has 0 atom stereocenters. The lowest BCUT2D eigenvalue weighted by molar-refractivity contribution is -0.153. The summed E-state index contributed by atoms with van der Waals surface area (Å²) in [5.41, 5.74) is 2.67. The molecule has 0 saturated heterocycles. The van der Waals surface area contributed by atoms with Crippen LogP contribution in [-0.4, -0.2) is 11.6 Å². The fourth-order valence-electron chi connectivity index (χ4n) is 2.17. The highest BCUT2D eigenvalue weighted by Crippen LogP contribution is 2.18. The summed E-state index contributed by atoms with van der Waals surface area (Å²) in [6, 6.07) is 18.0. The lowest BCUT2D eigenvalue weighted by Gasteiger charge is -2.20. The van der Waals surface area contributed by atoms with Crippen LogP contribution in [0.1, 0.15) is 31.9 Å². The standard InChI is InChI=1S/C19H23NO2/c1-19(2,3)22-18(21)13-16-11-7-8-12-17(16)20-14-15-9-5-4-6-10-15/h4-12,20H,13-14H2,1-3H3. The summed E-state index contributed by atoms with van der Waals surface area (Å²) in [5.74, 6) is -0.207. The molecule has 3 heteroatoms. The van der Waals surface area contributed by atoms with Gasteiger partial charge < -0.3 is 10.1 Å². The molecule has 3 nitrogen and oxygen atoms in total. The van der Waals surface area contributed by atoms with Gasteiger partial charge in [-0.25, -0.2) is 0 Å². The Morgan fingerprint density at radius 3 is 2.32 bits per heavy atom. The molecule has 0 fully saturated rings. The molecule has 0 unspecified atom stereocenters. The Hall–Kier alpha value is -2.29. The summed E-state index contributed by atoms with van der Waals surface area (Å²) >= 11 is 0. The Bertz CT molecular complexity index is 615. The molecular weight excluding hydrogens is 274 g/mol. The molecule has 0 aliphatic rings. The van der Waals surface area contributed by atoms with Gasteiger partial charge in [-0.05, 0) is 38.0 Å². The second-order valence-corrected chi connectivity index (χ2v) is 6.26. The van der Waals surface area contributed by atoms with Crippen LogP contribution in [-0.2, 0) is 22.5 Å². The second-order valence-electron chi connectivity index (χ2n) is 6.26. The van der Waals surface area contributed by atoms with Crippen LogP contribution in [0.4, 0.5) is 5.69 Å². The summed E-state index contributed by atoms with van der Waals surface area (Å²) in [5, 5.41) is 3.39. The number of para-hydroxylation sites is 1. The maximum absolute atomic E-state index is 12.0. The van der Waals surface area contributed by atoms with Gasteiger partial charge in [-0.3, -0.25) is 4.79 Å². The summed E-state index contributed by atoms with van der Waals surface area (Å²) in [6.07, 6.45) is 0.273. The SMILES string of the molecule is CC(C)(C)OC(=O)Cc1ccccc1NCc1ccccc1. The molecule has 0 aliphatic carbocycles. The lowest BCUT2D eigenvalue weighted by Crippen LogP contribution is -2.25. The Morgan fingerprint density at radius 2 is 1.64 bits per heavy atom. The van der Waals surface area contributed by atoms with E-state index < -0.39 is 5.60 Å². The lowest BCUT2D eigenvalue weighted by atomic mass is 10.1. The van der Waals surface area contributed by atoms with E-state index in [1.165, 1.54) is 5.56 Å². The quantitative estimate of drug-likeness (QED) is 0.841. The van der Waals surface area contributed by atoms with Crippen molar-refractivity contribution in [1.82, 2.24) is 0 Å². The van der Waals surface area contributed by atoms with Gasteiger partial charge in [0.25, 0.3) is 0 Å². The van der Waals surface area contributed by atoms with Crippen molar-refractivity contribution in [2.24, 2.45) is 0 Å². The highest BCUT2D eigenvalue weighted by atomic mass is 16.6. The van der Waals surface area contributed by atoms with Crippen molar-refractivity contribution in [3.05, 3.63) is 65.7 Å². The molecule has 2 aromatic carbocycles. The number of benzene rings is 2. The van der Waals surface area contributed by atoms with Crippen LogP contribution in [0.25, 0.3) is 0 Å². The Morgan fingerprint density at radius 1 is 1.00 bits per heavy atom. The van der Waals surface area contributed by atoms with Gasteiger partial charge in [-0.1, -0.05) is 48.5 Å². The number of rotatable bonds is 5. The van der Waals surface area contributed by atoms with Gasteiger partial charge in [0.2, 0.25) is 0 Å². The number of nitrogens with one attached hydrogen (secondary N) is 1. The fraction of sp³-hybridized carbons (Fsp3) is 0.316. The van der Waals surface area contributed by atoms with Gasteiger partial charge in [-0.15, -0.1) is 0 Å². The Labute approximate surface area is 132 Å². The van der Waals surface area contributed by atoms with Crippen LogP contribution in [0.3, 0.4) is 0 Å². The molecule has 0 amide bonds. The summed E-state index contributed by atoms with van der Waals surface area (Å²) in [6.45, 7) is 6.37. The molecule has 0 saturated carbocycles. The van der Waals surface area contributed by atoms with Gasteiger partial charge in [0, 0.05) is 12.2 Å². The zero-order valence-electron chi connectivity index (χ0n) is 13.4. The largest absolute Gasteiger partial charge is 0.460 e. The molecule has 116 valence electrons. The molecule has 2 rings (SSSR count). The average Bonchev–Trinajstić information content (AvgIpc) is 2.45. The Kier molecular flexibility index (Phi) is 5.21. The zero-order chi connectivity index (χ0) is 16.0.